The van der Waals surface area contributed by atoms with Crippen LogP contribution in [0.2, 0.25) is 0 Å². The molecule has 7 nitrogen and oxygen atoms in total. The van der Waals surface area contributed by atoms with Gasteiger partial charge in [-0.2, -0.15) is 0 Å². The summed E-state index contributed by atoms with van der Waals surface area (Å²) in [7, 11) is 1.19. The first-order valence-electron chi connectivity index (χ1n) is 4.80. The second kappa shape index (κ2) is 6.31. The van der Waals surface area contributed by atoms with Crippen molar-refractivity contribution >= 4 is 12.2 Å². The molecule has 1 aromatic rings. The number of rotatable bonds is 5. The number of carbonyl (C=O) groups excluding carboxylic acids is 1. The van der Waals surface area contributed by atoms with E-state index in [4.69, 9.17) is 4.42 Å². The average molecular weight is 240 g/mol. The lowest BCUT2D eigenvalue weighted by Gasteiger charge is -2.09. The highest BCUT2D eigenvalue weighted by Crippen LogP contribution is 2.03. The van der Waals surface area contributed by atoms with Crippen LogP contribution in [0, 0.1) is 10.1 Å². The number of nitrogens with zero attached hydrogens (tertiary/aromatic N) is 1. The summed E-state index contributed by atoms with van der Waals surface area (Å²) in [5.74, 6) is 0.546. The molecule has 1 atom stereocenters. The Morgan fingerprint density at radius 1 is 1.76 bits per heavy atom. The Bertz CT molecular complexity index is 399. The van der Waals surface area contributed by atoms with Crippen LogP contribution in [-0.4, -0.2) is 30.7 Å². The first kappa shape index (κ1) is 12.8. The van der Waals surface area contributed by atoms with Crippen LogP contribution in [0.1, 0.15) is 5.76 Å². The lowest BCUT2D eigenvalue weighted by molar-refractivity contribution is -0.481. The van der Waals surface area contributed by atoms with Crippen LogP contribution < -0.4 is 5.32 Å². The van der Waals surface area contributed by atoms with Crippen LogP contribution >= 0.6 is 0 Å². The Balaban J connectivity index is 2.62. The molecule has 0 aliphatic carbocycles. The minimum absolute atomic E-state index is 0.424. The van der Waals surface area contributed by atoms with Gasteiger partial charge >= 0.3 is 6.09 Å². The van der Waals surface area contributed by atoms with Gasteiger partial charge in [0.1, 0.15) is 11.8 Å². The highest BCUT2D eigenvalue weighted by molar-refractivity contribution is 5.68. The van der Waals surface area contributed by atoms with E-state index in [0.29, 0.717) is 5.76 Å². The number of amides is 1. The lowest BCUT2D eigenvalue weighted by Crippen LogP contribution is -2.38. The molecular weight excluding hydrogens is 228 g/mol. The standard InChI is InChI=1S/C10H12N2O5/c1-16-10(13)11-8(7-12(14)15)4-5-9-3-2-6-17-9/h2-6,8H,7H2,1H3,(H,11,13)/b5-4+/t8-/m1/s1. The predicted molar refractivity (Wildman–Crippen MR) is 58.9 cm³/mol. The van der Waals surface area contributed by atoms with E-state index in [0.717, 1.165) is 0 Å². The molecule has 92 valence electrons. The number of furan rings is 1. The number of hydrogen-bond acceptors (Lipinski definition) is 5. The molecule has 0 fully saturated rings. The van der Waals surface area contributed by atoms with Gasteiger partial charge < -0.3 is 14.5 Å². The summed E-state index contributed by atoms with van der Waals surface area (Å²) in [6.07, 6.45) is 3.78. The summed E-state index contributed by atoms with van der Waals surface area (Å²) < 4.78 is 9.39. The largest absolute Gasteiger partial charge is 0.465 e. The van der Waals surface area contributed by atoms with Crippen LogP contribution in [0.3, 0.4) is 0 Å². The van der Waals surface area contributed by atoms with Gasteiger partial charge in [-0.15, -0.1) is 0 Å². The van der Waals surface area contributed by atoms with E-state index in [-0.39, 0.29) is 0 Å². The van der Waals surface area contributed by atoms with Gasteiger partial charge in [-0.25, -0.2) is 4.79 Å². The zero-order valence-electron chi connectivity index (χ0n) is 9.16. The Morgan fingerprint density at radius 3 is 3.06 bits per heavy atom. The summed E-state index contributed by atoms with van der Waals surface area (Å²) in [5.41, 5.74) is 0. The van der Waals surface area contributed by atoms with Crippen molar-refractivity contribution in [1.82, 2.24) is 5.32 Å². The zero-order chi connectivity index (χ0) is 12.7. The summed E-state index contributed by atoms with van der Waals surface area (Å²) >= 11 is 0. The molecule has 0 saturated heterocycles. The molecule has 1 N–H and O–H groups in total. The second-order valence-electron chi connectivity index (χ2n) is 3.13. The van der Waals surface area contributed by atoms with Crippen molar-refractivity contribution in [2.24, 2.45) is 0 Å². The van der Waals surface area contributed by atoms with E-state index in [1.54, 1.807) is 18.2 Å². The first-order chi connectivity index (χ1) is 8.11. The molecule has 1 heterocycles. The Morgan fingerprint density at radius 2 is 2.53 bits per heavy atom. The summed E-state index contributed by atoms with van der Waals surface area (Å²) in [5, 5.41) is 12.7. The third kappa shape index (κ3) is 4.83. The van der Waals surface area contributed by atoms with Crippen LogP contribution in [0.25, 0.3) is 6.08 Å². The summed E-state index contributed by atoms with van der Waals surface area (Å²) in [6, 6.07) is 2.64. The van der Waals surface area contributed by atoms with Crippen molar-refractivity contribution in [3.63, 3.8) is 0 Å². The molecule has 1 rings (SSSR count). The maximum absolute atomic E-state index is 11.0. The Labute approximate surface area is 97.2 Å². The first-order valence-corrected chi connectivity index (χ1v) is 4.80. The number of ether oxygens (including phenoxy) is 1. The van der Waals surface area contributed by atoms with Crippen molar-refractivity contribution in [2.75, 3.05) is 13.7 Å². The highest BCUT2D eigenvalue weighted by atomic mass is 16.6. The monoisotopic (exact) mass is 240 g/mol. The number of methoxy groups -OCH3 is 1. The quantitative estimate of drug-likeness (QED) is 0.618. The summed E-state index contributed by atoms with van der Waals surface area (Å²) in [4.78, 5) is 20.8. The molecule has 0 aliphatic heterocycles. The fourth-order valence-corrected chi connectivity index (χ4v) is 1.12. The predicted octanol–water partition coefficient (Wildman–Crippen LogP) is 1.29. The van der Waals surface area contributed by atoms with E-state index in [9.17, 15) is 14.9 Å². The number of carbonyl (C=O) groups is 1. The van der Waals surface area contributed by atoms with Crippen molar-refractivity contribution in [1.29, 1.82) is 0 Å². The SMILES string of the molecule is COC(=O)N[C@H](/C=C/c1ccco1)C[N+](=O)[O-]. The van der Waals surface area contributed by atoms with E-state index in [2.05, 4.69) is 10.1 Å². The minimum Gasteiger partial charge on any atom is -0.465 e. The maximum Gasteiger partial charge on any atom is 0.407 e. The van der Waals surface area contributed by atoms with E-state index in [1.807, 2.05) is 0 Å². The number of alkyl carbamates (subject to hydrolysis) is 1. The third-order valence-electron chi connectivity index (χ3n) is 1.87. The van der Waals surface area contributed by atoms with Crippen molar-refractivity contribution in [3.05, 3.63) is 40.3 Å². The lowest BCUT2D eigenvalue weighted by atomic mass is 10.2. The molecular formula is C10H12N2O5. The number of nitrogens with one attached hydrogen (secondary N) is 1. The maximum atomic E-state index is 11.0. The van der Waals surface area contributed by atoms with E-state index in [1.165, 1.54) is 19.4 Å². The van der Waals surface area contributed by atoms with Gasteiger partial charge in [-0.05, 0) is 18.2 Å². The smallest absolute Gasteiger partial charge is 0.407 e. The van der Waals surface area contributed by atoms with Crippen molar-refractivity contribution < 1.29 is 18.9 Å². The van der Waals surface area contributed by atoms with Crippen LogP contribution in [0.5, 0.6) is 0 Å². The highest BCUT2D eigenvalue weighted by Gasteiger charge is 2.15. The van der Waals surface area contributed by atoms with Gasteiger partial charge in [-0.3, -0.25) is 10.1 Å². The molecule has 0 aromatic carbocycles. The molecule has 0 spiro atoms. The van der Waals surface area contributed by atoms with Gasteiger partial charge in [0, 0.05) is 4.92 Å². The molecule has 0 unspecified atom stereocenters. The summed E-state index contributed by atoms with van der Waals surface area (Å²) in [6.45, 7) is -0.424. The Kier molecular flexibility index (Phi) is 4.74. The zero-order valence-corrected chi connectivity index (χ0v) is 9.16. The molecule has 0 radical (unpaired) electrons. The normalized spacial score (nSPS) is 12.3. The number of hydrogen-bond donors (Lipinski definition) is 1. The van der Waals surface area contributed by atoms with Gasteiger partial charge in [0.2, 0.25) is 6.54 Å². The Hall–Kier alpha value is -2.31. The molecule has 0 aliphatic rings. The van der Waals surface area contributed by atoms with Crippen molar-refractivity contribution in [3.8, 4) is 0 Å². The number of nitro groups is 1. The van der Waals surface area contributed by atoms with Gasteiger partial charge in [0.05, 0.1) is 13.4 Å². The van der Waals surface area contributed by atoms with Gasteiger partial charge in [0.25, 0.3) is 0 Å². The van der Waals surface area contributed by atoms with E-state index < -0.39 is 23.6 Å². The van der Waals surface area contributed by atoms with Crippen LogP contribution in [0.4, 0.5) is 4.79 Å². The van der Waals surface area contributed by atoms with Gasteiger partial charge in [-0.1, -0.05) is 6.08 Å². The second-order valence-corrected chi connectivity index (χ2v) is 3.13. The molecule has 1 amide bonds. The van der Waals surface area contributed by atoms with Crippen LogP contribution in [0.15, 0.2) is 28.9 Å². The molecule has 7 heteroatoms. The molecule has 1 aromatic heterocycles. The average Bonchev–Trinajstić information content (AvgIpc) is 2.77. The van der Waals surface area contributed by atoms with Crippen molar-refractivity contribution in [2.45, 2.75) is 6.04 Å². The topological polar surface area (TPSA) is 94.6 Å². The van der Waals surface area contributed by atoms with Gasteiger partial charge in [0.15, 0.2) is 0 Å². The van der Waals surface area contributed by atoms with Crippen LogP contribution in [-0.2, 0) is 4.74 Å². The fraction of sp³-hybridized carbons (Fsp3) is 0.300. The minimum atomic E-state index is -0.748. The molecule has 17 heavy (non-hydrogen) atoms. The fourth-order valence-electron chi connectivity index (χ4n) is 1.12. The molecule has 0 bridgehead atoms. The van der Waals surface area contributed by atoms with E-state index >= 15 is 0 Å². The molecule has 0 saturated carbocycles. The third-order valence-corrected chi connectivity index (χ3v) is 1.87.